The summed E-state index contributed by atoms with van der Waals surface area (Å²) in [6.45, 7) is 5.40. The van der Waals surface area contributed by atoms with E-state index in [1.54, 1.807) is 0 Å². The van der Waals surface area contributed by atoms with Gasteiger partial charge in [0.1, 0.15) is 10.6 Å². The van der Waals surface area contributed by atoms with Crippen LogP contribution < -0.4 is 16.8 Å². The highest BCUT2D eigenvalue weighted by Crippen LogP contribution is 2.43. The predicted molar refractivity (Wildman–Crippen MR) is 83.9 cm³/mol. The normalized spacial score (nSPS) is 17.6. The third-order valence-corrected chi connectivity index (χ3v) is 4.91. The van der Waals surface area contributed by atoms with Crippen LogP contribution in [0.15, 0.2) is 0 Å². The van der Waals surface area contributed by atoms with E-state index in [9.17, 15) is 4.79 Å². The van der Waals surface area contributed by atoms with Crippen molar-refractivity contribution in [3.63, 3.8) is 0 Å². The van der Waals surface area contributed by atoms with Gasteiger partial charge < -0.3 is 16.8 Å². The SMILES string of the molecule is CC(C)CC1(CNc2snc(N)c2C(N)=O)CCCC1. The van der Waals surface area contributed by atoms with E-state index >= 15 is 0 Å². The number of hydrogen-bond donors (Lipinski definition) is 3. The second-order valence-corrected chi connectivity index (χ2v) is 7.07. The first-order valence-corrected chi connectivity index (χ1v) is 8.00. The first kappa shape index (κ1) is 15.1. The number of carbonyl (C=O) groups excluding carboxylic acids is 1. The second-order valence-electron chi connectivity index (χ2n) is 6.29. The van der Waals surface area contributed by atoms with Crippen LogP contribution in [0.1, 0.15) is 56.3 Å². The van der Waals surface area contributed by atoms with Crippen LogP contribution >= 0.6 is 11.5 Å². The molecule has 1 aliphatic carbocycles. The Labute approximate surface area is 124 Å². The molecule has 6 heteroatoms. The molecular weight excluding hydrogens is 272 g/mol. The summed E-state index contributed by atoms with van der Waals surface area (Å²) in [7, 11) is 0. The maximum absolute atomic E-state index is 11.4. The Morgan fingerprint density at radius 3 is 2.65 bits per heavy atom. The number of nitrogens with one attached hydrogen (secondary N) is 1. The van der Waals surface area contributed by atoms with Gasteiger partial charge in [-0.1, -0.05) is 26.7 Å². The molecule has 5 nitrogen and oxygen atoms in total. The molecule has 0 radical (unpaired) electrons. The Balaban J connectivity index is 2.08. The van der Waals surface area contributed by atoms with Crippen molar-refractivity contribution in [2.75, 3.05) is 17.6 Å². The number of amides is 1. The van der Waals surface area contributed by atoms with Gasteiger partial charge in [0.05, 0.1) is 0 Å². The Hall–Kier alpha value is -1.30. The third-order valence-electron chi connectivity index (χ3n) is 4.09. The average Bonchev–Trinajstić information content (AvgIpc) is 2.93. The minimum absolute atomic E-state index is 0.231. The Morgan fingerprint density at radius 2 is 2.10 bits per heavy atom. The van der Waals surface area contributed by atoms with Crippen LogP contribution in [0.4, 0.5) is 10.8 Å². The largest absolute Gasteiger partial charge is 0.382 e. The van der Waals surface area contributed by atoms with Crippen molar-refractivity contribution in [2.45, 2.75) is 46.0 Å². The second kappa shape index (κ2) is 5.99. The van der Waals surface area contributed by atoms with Crippen molar-refractivity contribution in [1.29, 1.82) is 0 Å². The lowest BCUT2D eigenvalue weighted by Crippen LogP contribution is -2.29. The van der Waals surface area contributed by atoms with Crippen LogP contribution in [0.5, 0.6) is 0 Å². The van der Waals surface area contributed by atoms with E-state index < -0.39 is 5.91 Å². The molecule has 1 aliphatic rings. The lowest BCUT2D eigenvalue weighted by molar-refractivity contribution is 0.100. The maximum atomic E-state index is 11.4. The van der Waals surface area contributed by atoms with Crippen LogP contribution in [0, 0.1) is 11.3 Å². The van der Waals surface area contributed by atoms with Gasteiger partial charge in [0, 0.05) is 6.54 Å². The van der Waals surface area contributed by atoms with Crippen molar-refractivity contribution >= 4 is 28.3 Å². The van der Waals surface area contributed by atoms with Crippen LogP contribution in [0.3, 0.4) is 0 Å². The highest BCUT2D eigenvalue weighted by atomic mass is 32.1. The number of primary amides is 1. The molecule has 1 aromatic rings. The van der Waals surface area contributed by atoms with Crippen LogP contribution in [-0.4, -0.2) is 16.8 Å². The highest BCUT2D eigenvalue weighted by molar-refractivity contribution is 7.11. The molecule has 0 saturated heterocycles. The molecule has 0 aromatic carbocycles. The van der Waals surface area contributed by atoms with Crippen molar-refractivity contribution in [1.82, 2.24) is 4.37 Å². The van der Waals surface area contributed by atoms with E-state index in [1.807, 2.05) is 0 Å². The first-order chi connectivity index (χ1) is 9.43. The molecule has 0 unspecified atom stereocenters. The Kier molecular flexibility index (Phi) is 4.52. The molecule has 5 N–H and O–H groups in total. The number of nitrogens with zero attached hydrogens (tertiary/aromatic N) is 1. The van der Waals surface area contributed by atoms with Gasteiger partial charge in [-0.2, -0.15) is 4.37 Å². The highest BCUT2D eigenvalue weighted by Gasteiger charge is 2.34. The fourth-order valence-corrected chi connectivity index (χ4v) is 4.09. The van der Waals surface area contributed by atoms with Gasteiger partial charge in [0.2, 0.25) is 0 Å². The molecule has 0 aliphatic heterocycles. The zero-order chi connectivity index (χ0) is 14.8. The van der Waals surface area contributed by atoms with Gasteiger partial charge >= 0.3 is 0 Å². The van der Waals surface area contributed by atoms with Crippen molar-refractivity contribution in [3.05, 3.63) is 5.56 Å². The monoisotopic (exact) mass is 296 g/mol. The number of carbonyl (C=O) groups is 1. The molecule has 0 atom stereocenters. The van der Waals surface area contributed by atoms with Gasteiger partial charge in [-0.3, -0.25) is 4.79 Å². The van der Waals surface area contributed by atoms with E-state index in [0.717, 1.165) is 6.54 Å². The van der Waals surface area contributed by atoms with E-state index in [-0.39, 0.29) is 5.82 Å². The van der Waals surface area contributed by atoms with E-state index in [0.29, 0.717) is 21.9 Å². The van der Waals surface area contributed by atoms with Crippen LogP contribution in [0.25, 0.3) is 0 Å². The number of nitrogen functional groups attached to an aromatic ring is 1. The minimum atomic E-state index is -0.511. The minimum Gasteiger partial charge on any atom is -0.382 e. The van der Waals surface area contributed by atoms with Gasteiger partial charge in [-0.05, 0) is 42.1 Å². The predicted octanol–water partition coefficient (Wildman–Crippen LogP) is 2.84. The molecule has 1 heterocycles. The molecule has 1 aromatic heterocycles. The number of nitrogens with two attached hydrogens (primary N) is 2. The van der Waals surface area contributed by atoms with E-state index in [1.165, 1.54) is 43.6 Å². The quantitative estimate of drug-likeness (QED) is 0.752. The van der Waals surface area contributed by atoms with Gasteiger partial charge in [0.15, 0.2) is 5.82 Å². The molecule has 20 heavy (non-hydrogen) atoms. The zero-order valence-corrected chi connectivity index (χ0v) is 13.1. The van der Waals surface area contributed by atoms with Crippen molar-refractivity contribution in [3.8, 4) is 0 Å². The summed E-state index contributed by atoms with van der Waals surface area (Å²) in [6.07, 6.45) is 6.29. The lowest BCUT2D eigenvalue weighted by Gasteiger charge is -2.31. The number of anilines is 2. The maximum Gasteiger partial charge on any atom is 0.255 e. The van der Waals surface area contributed by atoms with Crippen molar-refractivity contribution in [2.24, 2.45) is 17.1 Å². The summed E-state index contributed by atoms with van der Waals surface area (Å²) in [5.74, 6) is 0.398. The van der Waals surface area contributed by atoms with Crippen LogP contribution in [-0.2, 0) is 0 Å². The summed E-state index contributed by atoms with van der Waals surface area (Å²) in [5.41, 5.74) is 11.7. The lowest BCUT2D eigenvalue weighted by atomic mass is 9.78. The molecule has 0 spiro atoms. The summed E-state index contributed by atoms with van der Waals surface area (Å²) in [5, 5.41) is 4.09. The van der Waals surface area contributed by atoms with E-state index in [4.69, 9.17) is 11.5 Å². The average molecular weight is 296 g/mol. The summed E-state index contributed by atoms with van der Waals surface area (Å²) >= 11 is 1.22. The van der Waals surface area contributed by atoms with Gasteiger partial charge in [-0.25, -0.2) is 0 Å². The smallest absolute Gasteiger partial charge is 0.255 e. The van der Waals surface area contributed by atoms with E-state index in [2.05, 4.69) is 23.5 Å². The number of aromatic nitrogens is 1. The molecular formula is C14H24N4OS. The molecule has 112 valence electrons. The summed E-state index contributed by atoms with van der Waals surface area (Å²) < 4.78 is 4.02. The Bertz CT molecular complexity index is 478. The van der Waals surface area contributed by atoms with Crippen molar-refractivity contribution < 1.29 is 4.79 Å². The van der Waals surface area contributed by atoms with Gasteiger partial charge in [-0.15, -0.1) is 0 Å². The third kappa shape index (κ3) is 3.23. The zero-order valence-electron chi connectivity index (χ0n) is 12.2. The van der Waals surface area contributed by atoms with Crippen LogP contribution in [0.2, 0.25) is 0 Å². The fourth-order valence-electron chi connectivity index (χ4n) is 3.37. The first-order valence-electron chi connectivity index (χ1n) is 7.22. The Morgan fingerprint density at radius 1 is 1.45 bits per heavy atom. The standard InChI is InChI=1S/C14H24N4OS/c1-9(2)7-14(5-3-4-6-14)8-17-13-10(12(16)19)11(15)18-20-13/h9,17H,3-8H2,1-2H3,(H2,15,18)(H2,16,19). The molecule has 2 rings (SSSR count). The summed E-state index contributed by atoms with van der Waals surface area (Å²) in [4.78, 5) is 11.4. The molecule has 0 bridgehead atoms. The molecule has 1 saturated carbocycles. The molecule has 1 amide bonds. The number of rotatable bonds is 6. The number of hydrogen-bond acceptors (Lipinski definition) is 5. The van der Waals surface area contributed by atoms with Gasteiger partial charge in [0.25, 0.3) is 5.91 Å². The fraction of sp³-hybridized carbons (Fsp3) is 0.714. The summed E-state index contributed by atoms with van der Waals surface area (Å²) in [6, 6.07) is 0. The topological polar surface area (TPSA) is 94.0 Å². The molecule has 1 fully saturated rings.